The highest BCUT2D eigenvalue weighted by Gasteiger charge is 2.14. The molecule has 0 aliphatic rings. The molecule has 0 aromatic heterocycles. The Kier molecular flexibility index (Phi) is 6.13. The zero-order valence-electron chi connectivity index (χ0n) is 12.4. The predicted molar refractivity (Wildman–Crippen MR) is 94.5 cm³/mol. The van der Waals surface area contributed by atoms with Crippen LogP contribution in [0.2, 0.25) is 5.02 Å². The third kappa shape index (κ3) is 4.49. The maximum Gasteiger partial charge on any atom is 0.137 e. The first kappa shape index (κ1) is 16.4. The number of alkyl halides is 1. The number of ether oxygens (including phenoxy) is 1. The minimum absolute atomic E-state index is 0.481. The number of benzene rings is 2. The Morgan fingerprint density at radius 1 is 1.05 bits per heavy atom. The third-order valence-corrected chi connectivity index (χ3v) is 4.76. The Hall–Kier alpha value is -0.990. The van der Waals surface area contributed by atoms with Crippen molar-refractivity contribution in [1.29, 1.82) is 0 Å². The lowest BCUT2D eigenvalue weighted by molar-refractivity contribution is 0.228. The number of halogens is 2. The topological polar surface area (TPSA) is 9.23 Å². The van der Waals surface area contributed by atoms with Gasteiger partial charge in [0.05, 0.1) is 11.6 Å². The van der Waals surface area contributed by atoms with E-state index in [4.69, 9.17) is 16.3 Å². The Bertz CT molecular complexity index is 569. The van der Waals surface area contributed by atoms with E-state index in [1.165, 1.54) is 0 Å². The summed E-state index contributed by atoms with van der Waals surface area (Å²) in [5, 5.41) is 1.60. The van der Waals surface area contributed by atoms with Crippen LogP contribution in [0.5, 0.6) is 5.75 Å². The molecule has 0 bridgehead atoms. The van der Waals surface area contributed by atoms with Crippen LogP contribution in [0.15, 0.2) is 48.5 Å². The summed E-state index contributed by atoms with van der Waals surface area (Å²) < 4.78 is 5.88. The van der Waals surface area contributed by atoms with Crippen LogP contribution < -0.4 is 4.74 Å². The van der Waals surface area contributed by atoms with Crippen molar-refractivity contribution in [1.82, 2.24) is 0 Å². The molecule has 0 saturated carbocycles. The maximum absolute atomic E-state index is 6.35. The lowest BCUT2D eigenvalue weighted by atomic mass is 9.99. The summed E-state index contributed by atoms with van der Waals surface area (Å²) in [7, 11) is 0. The SMILES string of the molecule is CC(C)C(CBr)COc1ccc(-c2ccccc2)cc1Cl. The smallest absolute Gasteiger partial charge is 0.137 e. The van der Waals surface area contributed by atoms with Crippen molar-refractivity contribution in [3.63, 3.8) is 0 Å². The van der Waals surface area contributed by atoms with E-state index in [-0.39, 0.29) is 0 Å². The van der Waals surface area contributed by atoms with E-state index in [9.17, 15) is 0 Å². The molecule has 0 radical (unpaired) electrons. The van der Waals surface area contributed by atoms with Crippen molar-refractivity contribution >= 4 is 27.5 Å². The van der Waals surface area contributed by atoms with E-state index in [0.29, 0.717) is 23.5 Å². The van der Waals surface area contributed by atoms with Gasteiger partial charge in [-0.15, -0.1) is 0 Å². The van der Waals surface area contributed by atoms with Crippen LogP contribution in [-0.4, -0.2) is 11.9 Å². The second kappa shape index (κ2) is 7.86. The van der Waals surface area contributed by atoms with Crippen molar-refractivity contribution in [2.24, 2.45) is 11.8 Å². The van der Waals surface area contributed by atoms with Gasteiger partial charge >= 0.3 is 0 Å². The van der Waals surface area contributed by atoms with E-state index < -0.39 is 0 Å². The second-order valence-corrected chi connectivity index (χ2v) is 6.54. The molecule has 1 atom stereocenters. The van der Waals surface area contributed by atoms with Crippen molar-refractivity contribution in [2.45, 2.75) is 13.8 Å². The van der Waals surface area contributed by atoms with Crippen LogP contribution in [-0.2, 0) is 0 Å². The molecule has 0 spiro atoms. The van der Waals surface area contributed by atoms with Crippen LogP contribution in [0.25, 0.3) is 11.1 Å². The molecular weight excluding hydrogens is 348 g/mol. The van der Waals surface area contributed by atoms with E-state index >= 15 is 0 Å². The fraction of sp³-hybridized carbons (Fsp3) is 0.333. The molecule has 2 rings (SSSR count). The van der Waals surface area contributed by atoms with Crippen LogP contribution in [0, 0.1) is 11.8 Å². The molecule has 0 amide bonds. The van der Waals surface area contributed by atoms with Crippen molar-refractivity contribution in [2.75, 3.05) is 11.9 Å². The quantitative estimate of drug-likeness (QED) is 0.564. The number of hydrogen-bond acceptors (Lipinski definition) is 1. The zero-order valence-corrected chi connectivity index (χ0v) is 14.7. The monoisotopic (exact) mass is 366 g/mol. The maximum atomic E-state index is 6.35. The van der Waals surface area contributed by atoms with Gasteiger partial charge in [0, 0.05) is 11.2 Å². The lowest BCUT2D eigenvalue weighted by Gasteiger charge is -2.19. The minimum Gasteiger partial charge on any atom is -0.492 e. The van der Waals surface area contributed by atoms with Gasteiger partial charge in [0.15, 0.2) is 0 Å². The fourth-order valence-electron chi connectivity index (χ4n) is 2.04. The van der Waals surface area contributed by atoms with Gasteiger partial charge in [-0.1, -0.05) is 77.8 Å². The molecule has 21 heavy (non-hydrogen) atoms. The summed E-state index contributed by atoms with van der Waals surface area (Å²) in [6, 6.07) is 16.2. The summed E-state index contributed by atoms with van der Waals surface area (Å²) in [4.78, 5) is 0. The summed E-state index contributed by atoms with van der Waals surface area (Å²) in [5.74, 6) is 1.81. The predicted octanol–water partition coefficient (Wildman–Crippen LogP) is 6.05. The van der Waals surface area contributed by atoms with E-state index in [2.05, 4.69) is 48.0 Å². The number of rotatable bonds is 6. The molecule has 1 nitrogen and oxygen atoms in total. The number of hydrogen-bond donors (Lipinski definition) is 0. The highest BCUT2D eigenvalue weighted by atomic mass is 79.9. The van der Waals surface area contributed by atoms with Crippen LogP contribution in [0.4, 0.5) is 0 Å². The highest BCUT2D eigenvalue weighted by molar-refractivity contribution is 9.09. The van der Waals surface area contributed by atoms with Gasteiger partial charge in [-0.2, -0.15) is 0 Å². The van der Waals surface area contributed by atoms with Crippen LogP contribution in [0.3, 0.4) is 0 Å². The van der Waals surface area contributed by atoms with E-state index in [1.807, 2.05) is 30.3 Å². The molecule has 2 aromatic carbocycles. The minimum atomic E-state index is 0.481. The van der Waals surface area contributed by atoms with Gasteiger partial charge in [0.25, 0.3) is 0 Å². The summed E-state index contributed by atoms with van der Waals surface area (Å²) in [6.07, 6.45) is 0. The molecule has 112 valence electrons. The highest BCUT2D eigenvalue weighted by Crippen LogP contribution is 2.31. The van der Waals surface area contributed by atoms with Crippen LogP contribution >= 0.6 is 27.5 Å². The first-order valence-electron chi connectivity index (χ1n) is 7.15. The Morgan fingerprint density at radius 3 is 2.33 bits per heavy atom. The average Bonchev–Trinajstić information content (AvgIpc) is 2.49. The molecule has 3 heteroatoms. The van der Waals surface area contributed by atoms with Gasteiger partial charge in [0.1, 0.15) is 5.75 Å². The van der Waals surface area contributed by atoms with Gasteiger partial charge < -0.3 is 4.74 Å². The first-order valence-corrected chi connectivity index (χ1v) is 8.65. The van der Waals surface area contributed by atoms with E-state index in [1.54, 1.807) is 0 Å². The lowest BCUT2D eigenvalue weighted by Crippen LogP contribution is -2.19. The van der Waals surface area contributed by atoms with Gasteiger partial charge in [-0.3, -0.25) is 0 Å². The average molecular weight is 368 g/mol. The Morgan fingerprint density at radius 2 is 1.76 bits per heavy atom. The van der Waals surface area contributed by atoms with Crippen LogP contribution in [0.1, 0.15) is 13.8 Å². The van der Waals surface area contributed by atoms with Crippen molar-refractivity contribution < 1.29 is 4.74 Å². The molecule has 0 aliphatic carbocycles. The van der Waals surface area contributed by atoms with Gasteiger partial charge in [0.2, 0.25) is 0 Å². The molecule has 0 saturated heterocycles. The third-order valence-electron chi connectivity index (χ3n) is 3.63. The Balaban J connectivity index is 2.09. The molecule has 0 heterocycles. The largest absolute Gasteiger partial charge is 0.492 e. The normalized spacial score (nSPS) is 12.4. The molecule has 0 N–H and O–H groups in total. The fourth-order valence-corrected chi connectivity index (χ4v) is 3.21. The molecule has 0 fully saturated rings. The molecule has 0 aliphatic heterocycles. The van der Waals surface area contributed by atoms with E-state index in [0.717, 1.165) is 22.2 Å². The molecular formula is C18H20BrClO. The molecule has 2 aromatic rings. The standard InChI is InChI=1S/C18H20BrClO/c1-13(2)16(11-19)12-21-18-9-8-15(10-17(18)20)14-6-4-3-5-7-14/h3-10,13,16H,11-12H2,1-2H3. The van der Waals surface area contributed by atoms with Crippen molar-refractivity contribution in [3.05, 3.63) is 53.6 Å². The zero-order chi connectivity index (χ0) is 15.2. The van der Waals surface area contributed by atoms with Gasteiger partial charge in [-0.25, -0.2) is 0 Å². The second-order valence-electron chi connectivity index (χ2n) is 5.48. The van der Waals surface area contributed by atoms with Crippen molar-refractivity contribution in [3.8, 4) is 16.9 Å². The molecule has 1 unspecified atom stereocenters. The van der Waals surface area contributed by atoms with Gasteiger partial charge in [-0.05, 0) is 29.2 Å². The summed E-state index contributed by atoms with van der Waals surface area (Å²) in [6.45, 7) is 5.08. The Labute approximate surface area is 140 Å². The summed E-state index contributed by atoms with van der Waals surface area (Å²) >= 11 is 9.89. The summed E-state index contributed by atoms with van der Waals surface area (Å²) in [5.41, 5.74) is 2.26. The first-order chi connectivity index (χ1) is 10.1.